The third-order valence-electron chi connectivity index (χ3n) is 16.2. The molecule has 4 unspecified atom stereocenters. The number of aliphatic hydroxyl groups is 1. The van der Waals surface area contributed by atoms with E-state index < -0.39 is 97.5 Å². The van der Waals surface area contributed by atoms with Crippen LogP contribution in [0.15, 0.2) is 0 Å². The molecule has 510 valence electrons. The van der Waals surface area contributed by atoms with Gasteiger partial charge < -0.3 is 33.8 Å². The molecule has 0 heterocycles. The molecule has 0 aromatic rings. The van der Waals surface area contributed by atoms with Gasteiger partial charge in [0.1, 0.15) is 19.3 Å². The van der Waals surface area contributed by atoms with Gasteiger partial charge in [-0.15, -0.1) is 0 Å². The lowest BCUT2D eigenvalue weighted by Crippen LogP contribution is -2.30. The predicted molar refractivity (Wildman–Crippen MR) is 345 cm³/mol. The molecule has 19 heteroatoms. The summed E-state index contributed by atoms with van der Waals surface area (Å²) in [6, 6.07) is 0. The zero-order valence-electron chi connectivity index (χ0n) is 55.6. The number of unbranched alkanes of at least 4 members (excludes halogenated alkanes) is 34. The highest BCUT2D eigenvalue weighted by Gasteiger charge is 2.30. The molecule has 0 amide bonds. The van der Waals surface area contributed by atoms with Gasteiger partial charge in [0.2, 0.25) is 0 Å². The van der Waals surface area contributed by atoms with Crippen LogP contribution in [0.5, 0.6) is 0 Å². The van der Waals surface area contributed by atoms with E-state index in [1.807, 2.05) is 0 Å². The number of carbonyl (C=O) groups is 4. The first-order valence-corrected chi connectivity index (χ1v) is 38.1. The maximum atomic E-state index is 13.0. The van der Waals surface area contributed by atoms with E-state index in [2.05, 4.69) is 41.5 Å². The molecule has 7 atom stereocenters. The first kappa shape index (κ1) is 84.1. The molecule has 0 fully saturated rings. The zero-order valence-corrected chi connectivity index (χ0v) is 57.4. The van der Waals surface area contributed by atoms with Crippen molar-refractivity contribution in [3.8, 4) is 0 Å². The minimum absolute atomic E-state index is 0.0987. The molecule has 0 saturated carbocycles. The Bertz CT molecular complexity index is 1690. The Hall–Kier alpha value is -1.94. The summed E-state index contributed by atoms with van der Waals surface area (Å²) >= 11 is 0. The molecule has 0 rings (SSSR count). The summed E-state index contributed by atoms with van der Waals surface area (Å²) in [5, 5.41) is 10.5. The number of rotatable bonds is 66. The normalized spacial score (nSPS) is 14.8. The monoisotopic (exact) mass is 1270 g/mol. The maximum absolute atomic E-state index is 13.0. The molecule has 0 bridgehead atoms. The molecule has 86 heavy (non-hydrogen) atoms. The van der Waals surface area contributed by atoms with Crippen LogP contribution < -0.4 is 0 Å². The van der Waals surface area contributed by atoms with Crippen molar-refractivity contribution in [1.82, 2.24) is 0 Å². The summed E-state index contributed by atoms with van der Waals surface area (Å²) in [6.07, 6.45) is 43.9. The Morgan fingerprint density at radius 1 is 0.326 bits per heavy atom. The summed E-state index contributed by atoms with van der Waals surface area (Å²) in [7, 11) is -9.87. The average molecular weight is 1270 g/mol. The second-order valence-corrected chi connectivity index (χ2v) is 27.6. The van der Waals surface area contributed by atoms with Crippen molar-refractivity contribution < 1.29 is 80.2 Å². The van der Waals surface area contributed by atoms with Crippen molar-refractivity contribution in [2.75, 3.05) is 39.6 Å². The predicted octanol–water partition coefficient (Wildman–Crippen LogP) is 18.8. The Balaban J connectivity index is 5.04. The molecule has 0 radical (unpaired) electrons. The van der Waals surface area contributed by atoms with Crippen LogP contribution in [0.1, 0.15) is 337 Å². The summed E-state index contributed by atoms with van der Waals surface area (Å²) in [6.45, 7) is 9.43. The van der Waals surface area contributed by atoms with Gasteiger partial charge in [0.25, 0.3) is 0 Å². The minimum atomic E-state index is -4.94. The lowest BCUT2D eigenvalue weighted by atomic mass is 9.99. The van der Waals surface area contributed by atoms with Crippen LogP contribution in [0.3, 0.4) is 0 Å². The Labute approximate surface area is 524 Å². The van der Waals surface area contributed by atoms with E-state index in [1.165, 1.54) is 148 Å². The van der Waals surface area contributed by atoms with E-state index in [0.29, 0.717) is 25.7 Å². The maximum Gasteiger partial charge on any atom is 0.472 e. The molecule has 0 spiro atoms. The fraction of sp³-hybridized carbons (Fsp3) is 0.940. The Morgan fingerprint density at radius 2 is 0.558 bits per heavy atom. The molecule has 3 N–H and O–H groups in total. The van der Waals surface area contributed by atoms with Gasteiger partial charge in [-0.3, -0.25) is 37.3 Å². The van der Waals surface area contributed by atoms with Crippen molar-refractivity contribution in [3.63, 3.8) is 0 Å². The summed E-state index contributed by atoms with van der Waals surface area (Å²) < 4.78 is 67.6. The van der Waals surface area contributed by atoms with Gasteiger partial charge in [-0.2, -0.15) is 0 Å². The molecule has 0 aromatic heterocycles. The number of hydrogen-bond acceptors (Lipinski definition) is 15. The smallest absolute Gasteiger partial charge is 0.462 e. The van der Waals surface area contributed by atoms with Gasteiger partial charge in [0, 0.05) is 25.7 Å². The molecular weight excluding hydrogens is 1140 g/mol. The SMILES string of the molecule is CCCCCCCC(=O)OC[C@H](COP(=O)(O)OC[C@H](O)COP(=O)(O)OC[C@@H](COC(=O)CCCCCCCCCCCCC(C)CC)OC(=O)CCCCCCCCCCCCCCCCCCCCC(C)CC)OC(=O)CCCCCCC. The van der Waals surface area contributed by atoms with Crippen molar-refractivity contribution in [2.24, 2.45) is 11.8 Å². The van der Waals surface area contributed by atoms with Gasteiger partial charge in [0.05, 0.1) is 26.4 Å². The van der Waals surface area contributed by atoms with E-state index in [1.54, 1.807) is 0 Å². The van der Waals surface area contributed by atoms with Crippen molar-refractivity contribution in [2.45, 2.75) is 355 Å². The summed E-state index contributed by atoms with van der Waals surface area (Å²) in [4.78, 5) is 71.8. The fourth-order valence-electron chi connectivity index (χ4n) is 10.00. The van der Waals surface area contributed by atoms with Crippen LogP contribution in [0.4, 0.5) is 0 Å². The highest BCUT2D eigenvalue weighted by atomic mass is 31.2. The van der Waals surface area contributed by atoms with E-state index in [4.69, 9.17) is 37.0 Å². The third kappa shape index (κ3) is 58.4. The zero-order chi connectivity index (χ0) is 63.6. The fourth-order valence-corrected chi connectivity index (χ4v) is 11.6. The number of hydrogen-bond donors (Lipinski definition) is 3. The minimum Gasteiger partial charge on any atom is -0.462 e. The number of phosphoric acid groups is 2. The quantitative estimate of drug-likeness (QED) is 0.0222. The first-order chi connectivity index (χ1) is 41.4. The highest BCUT2D eigenvalue weighted by molar-refractivity contribution is 7.47. The van der Waals surface area contributed by atoms with Crippen LogP contribution >= 0.6 is 15.6 Å². The van der Waals surface area contributed by atoms with Gasteiger partial charge >= 0.3 is 39.5 Å². The molecule has 0 saturated heterocycles. The van der Waals surface area contributed by atoms with Crippen molar-refractivity contribution >= 4 is 39.5 Å². The summed E-state index contributed by atoms with van der Waals surface area (Å²) in [5.74, 6) is -0.472. The van der Waals surface area contributed by atoms with Gasteiger partial charge in [0.15, 0.2) is 12.2 Å². The van der Waals surface area contributed by atoms with E-state index in [9.17, 15) is 43.2 Å². The second kappa shape index (κ2) is 59.4. The van der Waals surface area contributed by atoms with Gasteiger partial charge in [-0.05, 0) is 37.5 Å². The molecular formula is C67H130O17P2. The summed E-state index contributed by atoms with van der Waals surface area (Å²) in [5.41, 5.74) is 0. The molecule has 0 aromatic carbocycles. The first-order valence-electron chi connectivity index (χ1n) is 35.1. The Kier molecular flexibility index (Phi) is 58.0. The van der Waals surface area contributed by atoms with Crippen LogP contribution in [-0.4, -0.2) is 96.7 Å². The lowest BCUT2D eigenvalue weighted by Gasteiger charge is -2.21. The number of esters is 4. The molecule has 0 aliphatic heterocycles. The van der Waals surface area contributed by atoms with E-state index in [0.717, 1.165) is 108 Å². The van der Waals surface area contributed by atoms with Crippen molar-refractivity contribution in [1.29, 1.82) is 0 Å². The van der Waals surface area contributed by atoms with Crippen molar-refractivity contribution in [3.05, 3.63) is 0 Å². The Morgan fingerprint density at radius 3 is 0.826 bits per heavy atom. The molecule has 17 nitrogen and oxygen atoms in total. The largest absolute Gasteiger partial charge is 0.472 e. The lowest BCUT2D eigenvalue weighted by molar-refractivity contribution is -0.161. The van der Waals surface area contributed by atoms with Gasteiger partial charge in [-0.25, -0.2) is 9.13 Å². The van der Waals surface area contributed by atoms with Crippen LogP contribution in [0.25, 0.3) is 0 Å². The van der Waals surface area contributed by atoms with Gasteiger partial charge in [-0.1, -0.05) is 286 Å². The standard InChI is InChI=1S/C67H130O17P2/c1-7-11-13-35-43-49-64(69)77-55-62(83-66(71)51-45-36-14-12-8-2)57-81-85(73,74)79-53-61(68)54-80-86(75,76)82-58-63(56-78-65(70)50-44-39-33-29-26-25-28-32-38-42-48-60(6)10-4)84-67(72)52-46-40-34-30-24-22-20-18-16-15-17-19-21-23-27-31-37-41-47-59(5)9-3/h59-63,68H,7-58H2,1-6H3,(H,73,74)(H,75,76)/t59?,60?,61-,62+,63+/m0/s1. The van der Waals surface area contributed by atoms with Crippen LogP contribution in [0.2, 0.25) is 0 Å². The van der Waals surface area contributed by atoms with Crippen LogP contribution in [-0.2, 0) is 65.4 Å². The molecule has 0 aliphatic carbocycles. The average Bonchev–Trinajstić information content (AvgIpc) is 3.68. The van der Waals surface area contributed by atoms with E-state index >= 15 is 0 Å². The number of phosphoric ester groups is 2. The number of ether oxygens (including phenoxy) is 4. The number of aliphatic hydroxyl groups excluding tert-OH is 1. The third-order valence-corrected chi connectivity index (χ3v) is 18.1. The van der Waals surface area contributed by atoms with E-state index in [-0.39, 0.29) is 25.7 Å². The molecule has 0 aliphatic rings. The highest BCUT2D eigenvalue weighted by Crippen LogP contribution is 2.45. The number of carbonyl (C=O) groups excluding carboxylic acids is 4. The topological polar surface area (TPSA) is 237 Å². The van der Waals surface area contributed by atoms with Crippen LogP contribution in [0, 0.1) is 11.8 Å². The second-order valence-electron chi connectivity index (χ2n) is 24.7.